The molecule has 0 bridgehead atoms. The van der Waals surface area contributed by atoms with Crippen LogP contribution in [0.4, 0.5) is 0 Å². The van der Waals surface area contributed by atoms with E-state index in [-0.39, 0.29) is 12.4 Å². The normalized spacial score (nSPS) is 10.3. The Bertz CT molecular complexity index is 517. The van der Waals surface area contributed by atoms with Crippen LogP contribution in [0.3, 0.4) is 0 Å². The number of hydrogen-bond donors (Lipinski definition) is 1. The van der Waals surface area contributed by atoms with Crippen molar-refractivity contribution in [1.82, 2.24) is 15.5 Å². The molecule has 20 heavy (non-hydrogen) atoms. The van der Waals surface area contributed by atoms with Crippen LogP contribution >= 0.6 is 12.4 Å². The highest BCUT2D eigenvalue weighted by molar-refractivity contribution is 5.85. The number of benzene rings is 1. The number of methoxy groups -OCH3 is 1. The molecule has 110 valence electrons. The molecule has 2 aromatic rings. The second kappa shape index (κ2) is 8.68. The van der Waals surface area contributed by atoms with Gasteiger partial charge in [0.1, 0.15) is 0 Å². The summed E-state index contributed by atoms with van der Waals surface area (Å²) in [6.07, 6.45) is 0.703. The van der Waals surface area contributed by atoms with Gasteiger partial charge in [-0.1, -0.05) is 29.4 Å². The van der Waals surface area contributed by atoms with Crippen molar-refractivity contribution in [2.24, 2.45) is 0 Å². The maximum absolute atomic E-state index is 5.19. The van der Waals surface area contributed by atoms with Crippen LogP contribution in [0.15, 0.2) is 28.8 Å². The Kier molecular flexibility index (Phi) is 7.22. The molecule has 1 aromatic carbocycles. The summed E-state index contributed by atoms with van der Waals surface area (Å²) in [5.74, 6) is 1.33. The van der Waals surface area contributed by atoms with Gasteiger partial charge in [-0.3, -0.25) is 0 Å². The summed E-state index contributed by atoms with van der Waals surface area (Å²) in [6, 6.07) is 8.22. The molecule has 0 saturated heterocycles. The van der Waals surface area contributed by atoms with Crippen molar-refractivity contribution in [2.75, 3.05) is 20.3 Å². The monoisotopic (exact) mass is 297 g/mol. The first-order valence-corrected chi connectivity index (χ1v) is 6.35. The topological polar surface area (TPSA) is 60.2 Å². The average molecular weight is 298 g/mol. The maximum Gasteiger partial charge on any atom is 0.240 e. The van der Waals surface area contributed by atoms with Crippen molar-refractivity contribution in [3.8, 4) is 0 Å². The molecule has 0 atom stereocenters. The van der Waals surface area contributed by atoms with Crippen molar-refractivity contribution in [1.29, 1.82) is 0 Å². The predicted octanol–water partition coefficient (Wildman–Crippen LogP) is 2.13. The Labute approximate surface area is 125 Å². The molecule has 1 N–H and O–H groups in total. The number of nitrogens with one attached hydrogen (secondary N) is 1. The van der Waals surface area contributed by atoms with E-state index in [0.717, 1.165) is 12.4 Å². The SMILES string of the molecule is COCCNCc1nc(Cc2ccccc2C)no1.Cl. The number of nitrogens with zero attached hydrogens (tertiary/aromatic N) is 2. The lowest BCUT2D eigenvalue weighted by Crippen LogP contribution is -2.18. The molecule has 0 amide bonds. The Morgan fingerprint density at radius 3 is 2.85 bits per heavy atom. The molecule has 0 aliphatic heterocycles. The summed E-state index contributed by atoms with van der Waals surface area (Å²) in [7, 11) is 1.68. The van der Waals surface area contributed by atoms with Crippen LogP contribution in [-0.2, 0) is 17.7 Å². The quantitative estimate of drug-likeness (QED) is 0.793. The summed E-state index contributed by atoms with van der Waals surface area (Å²) in [5.41, 5.74) is 2.47. The van der Waals surface area contributed by atoms with Crippen LogP contribution in [0.25, 0.3) is 0 Å². The van der Waals surface area contributed by atoms with Crippen molar-refractivity contribution >= 4 is 12.4 Å². The largest absolute Gasteiger partial charge is 0.383 e. The second-order valence-corrected chi connectivity index (χ2v) is 4.38. The fourth-order valence-electron chi connectivity index (χ4n) is 1.78. The minimum absolute atomic E-state index is 0. The number of halogens is 1. The highest BCUT2D eigenvalue weighted by Gasteiger charge is 2.07. The van der Waals surface area contributed by atoms with Gasteiger partial charge in [-0.25, -0.2) is 0 Å². The third kappa shape index (κ3) is 4.92. The van der Waals surface area contributed by atoms with E-state index in [1.165, 1.54) is 11.1 Å². The Morgan fingerprint density at radius 2 is 2.10 bits per heavy atom. The molecular weight excluding hydrogens is 278 g/mol. The predicted molar refractivity (Wildman–Crippen MR) is 79.1 cm³/mol. The van der Waals surface area contributed by atoms with Crippen LogP contribution in [0.1, 0.15) is 22.8 Å². The van der Waals surface area contributed by atoms with Crippen molar-refractivity contribution in [2.45, 2.75) is 19.9 Å². The van der Waals surface area contributed by atoms with Crippen molar-refractivity contribution in [3.63, 3.8) is 0 Å². The van der Waals surface area contributed by atoms with Gasteiger partial charge in [-0.05, 0) is 18.1 Å². The Balaban J connectivity index is 0.00000200. The van der Waals surface area contributed by atoms with E-state index in [2.05, 4.69) is 34.5 Å². The van der Waals surface area contributed by atoms with Gasteiger partial charge in [-0.15, -0.1) is 12.4 Å². The van der Waals surface area contributed by atoms with Crippen LogP contribution in [-0.4, -0.2) is 30.4 Å². The van der Waals surface area contributed by atoms with Gasteiger partial charge in [-0.2, -0.15) is 4.98 Å². The van der Waals surface area contributed by atoms with Crippen molar-refractivity contribution < 1.29 is 9.26 Å². The van der Waals surface area contributed by atoms with E-state index in [0.29, 0.717) is 25.5 Å². The van der Waals surface area contributed by atoms with Gasteiger partial charge in [0.2, 0.25) is 5.89 Å². The molecule has 0 unspecified atom stereocenters. The molecule has 1 aromatic heterocycles. The van der Waals surface area contributed by atoms with E-state index < -0.39 is 0 Å². The molecule has 0 radical (unpaired) electrons. The third-order valence-electron chi connectivity index (χ3n) is 2.88. The molecule has 1 heterocycles. The number of hydrogen-bond acceptors (Lipinski definition) is 5. The number of aromatic nitrogens is 2. The van der Waals surface area contributed by atoms with Crippen LogP contribution < -0.4 is 5.32 Å². The standard InChI is InChI=1S/C14H19N3O2.ClH/c1-11-5-3-4-6-12(11)9-13-16-14(19-17-13)10-15-7-8-18-2;/h3-6,15H,7-10H2,1-2H3;1H. The zero-order valence-electron chi connectivity index (χ0n) is 11.8. The second-order valence-electron chi connectivity index (χ2n) is 4.38. The highest BCUT2D eigenvalue weighted by atomic mass is 35.5. The average Bonchev–Trinajstić information content (AvgIpc) is 2.85. The molecule has 2 rings (SSSR count). The molecule has 0 saturated carbocycles. The first-order chi connectivity index (χ1) is 9.29. The Morgan fingerprint density at radius 1 is 1.30 bits per heavy atom. The lowest BCUT2D eigenvalue weighted by molar-refractivity contribution is 0.197. The third-order valence-corrected chi connectivity index (χ3v) is 2.88. The fraction of sp³-hybridized carbons (Fsp3) is 0.429. The number of ether oxygens (including phenoxy) is 1. The summed E-state index contributed by atoms with van der Waals surface area (Å²) in [4.78, 5) is 4.36. The van der Waals surface area contributed by atoms with Gasteiger partial charge in [0.25, 0.3) is 0 Å². The molecular formula is C14H20ClN3O2. The summed E-state index contributed by atoms with van der Waals surface area (Å²) < 4.78 is 10.1. The zero-order valence-corrected chi connectivity index (χ0v) is 12.6. The molecule has 0 aliphatic carbocycles. The number of aryl methyl sites for hydroxylation is 1. The zero-order chi connectivity index (χ0) is 13.5. The van der Waals surface area contributed by atoms with Gasteiger partial charge in [0.05, 0.1) is 13.2 Å². The van der Waals surface area contributed by atoms with Crippen molar-refractivity contribution in [3.05, 3.63) is 47.1 Å². The fourth-order valence-corrected chi connectivity index (χ4v) is 1.78. The van der Waals surface area contributed by atoms with Gasteiger partial charge in [0.15, 0.2) is 5.82 Å². The minimum Gasteiger partial charge on any atom is -0.383 e. The summed E-state index contributed by atoms with van der Waals surface area (Å²) in [6.45, 7) is 4.10. The summed E-state index contributed by atoms with van der Waals surface area (Å²) >= 11 is 0. The smallest absolute Gasteiger partial charge is 0.240 e. The molecule has 5 nitrogen and oxygen atoms in total. The lowest BCUT2D eigenvalue weighted by Gasteiger charge is -2.01. The van der Waals surface area contributed by atoms with E-state index >= 15 is 0 Å². The van der Waals surface area contributed by atoms with E-state index in [4.69, 9.17) is 9.26 Å². The lowest BCUT2D eigenvalue weighted by atomic mass is 10.1. The van der Waals surface area contributed by atoms with E-state index in [1.807, 2.05) is 12.1 Å². The van der Waals surface area contributed by atoms with Crippen LogP contribution in [0, 0.1) is 6.92 Å². The minimum atomic E-state index is 0. The van der Waals surface area contributed by atoms with Crippen LogP contribution in [0.2, 0.25) is 0 Å². The molecule has 0 spiro atoms. The molecule has 0 aliphatic rings. The Hall–Kier alpha value is -1.43. The van der Waals surface area contributed by atoms with Gasteiger partial charge in [0, 0.05) is 20.1 Å². The first-order valence-electron chi connectivity index (χ1n) is 6.35. The first kappa shape index (κ1) is 16.6. The molecule has 6 heteroatoms. The molecule has 0 fully saturated rings. The van der Waals surface area contributed by atoms with Gasteiger partial charge >= 0.3 is 0 Å². The number of rotatable bonds is 7. The van der Waals surface area contributed by atoms with E-state index in [1.54, 1.807) is 7.11 Å². The summed E-state index contributed by atoms with van der Waals surface area (Å²) in [5, 5.41) is 7.16. The van der Waals surface area contributed by atoms with Gasteiger partial charge < -0.3 is 14.6 Å². The van der Waals surface area contributed by atoms with Crippen LogP contribution in [0.5, 0.6) is 0 Å². The highest BCUT2D eigenvalue weighted by Crippen LogP contribution is 2.11. The van der Waals surface area contributed by atoms with E-state index in [9.17, 15) is 0 Å². The maximum atomic E-state index is 5.19.